The minimum atomic E-state index is -0.126. The Kier molecular flexibility index (Phi) is 5.05. The number of aliphatic hydroxyl groups is 1. The lowest BCUT2D eigenvalue weighted by Crippen LogP contribution is -1.97. The number of hydrogen-bond acceptors (Lipinski definition) is 3. The number of rotatable bonds is 4. The van der Waals surface area contributed by atoms with Gasteiger partial charge < -0.3 is 14.6 Å². The molecule has 2 rings (SSSR count). The Morgan fingerprint density at radius 2 is 1.70 bits per heavy atom. The molecule has 0 saturated heterocycles. The predicted octanol–water partition coefficient (Wildman–Crippen LogP) is 2.62. The molecule has 0 heterocycles. The van der Waals surface area contributed by atoms with Crippen molar-refractivity contribution in [2.75, 3.05) is 13.7 Å². The second-order valence-corrected chi connectivity index (χ2v) is 4.10. The maximum absolute atomic E-state index is 8.64. The zero-order chi connectivity index (χ0) is 14.2. The van der Waals surface area contributed by atoms with Crippen LogP contribution < -0.4 is 9.47 Å². The molecule has 0 radical (unpaired) electrons. The Morgan fingerprint density at radius 1 is 1.00 bits per heavy atom. The molecule has 0 saturated carbocycles. The highest BCUT2D eigenvalue weighted by Crippen LogP contribution is 2.26. The zero-order valence-electron chi connectivity index (χ0n) is 11.3. The molecule has 20 heavy (non-hydrogen) atoms. The predicted molar refractivity (Wildman–Crippen MR) is 77.7 cm³/mol. The summed E-state index contributed by atoms with van der Waals surface area (Å²) in [6.45, 7) is 0.340. The molecule has 0 aliphatic rings. The molecule has 0 unspecified atom stereocenters. The number of methoxy groups -OCH3 is 1. The van der Waals surface area contributed by atoms with Gasteiger partial charge in [-0.15, -0.1) is 0 Å². The van der Waals surface area contributed by atoms with Crippen LogP contribution in [0, 0.1) is 11.8 Å². The molecule has 3 nitrogen and oxygen atoms in total. The molecule has 0 atom stereocenters. The number of hydrogen-bond donors (Lipinski definition) is 1. The summed E-state index contributed by atoms with van der Waals surface area (Å²) in [6, 6.07) is 15.3. The Morgan fingerprint density at radius 3 is 2.35 bits per heavy atom. The third-order valence-corrected chi connectivity index (χ3v) is 2.73. The molecule has 0 aliphatic carbocycles. The fourth-order valence-electron chi connectivity index (χ4n) is 1.73. The lowest BCUT2D eigenvalue weighted by atomic mass is 10.1. The summed E-state index contributed by atoms with van der Waals surface area (Å²) < 4.78 is 11.0. The van der Waals surface area contributed by atoms with Crippen LogP contribution in [0.5, 0.6) is 11.5 Å². The highest BCUT2D eigenvalue weighted by Gasteiger charge is 2.02. The van der Waals surface area contributed by atoms with E-state index in [0.717, 1.165) is 22.6 Å². The molecule has 2 aromatic carbocycles. The van der Waals surface area contributed by atoms with Crippen LogP contribution in [0.4, 0.5) is 0 Å². The average Bonchev–Trinajstić information content (AvgIpc) is 2.52. The first-order chi connectivity index (χ1) is 9.83. The first-order valence-electron chi connectivity index (χ1n) is 6.28. The number of ether oxygens (including phenoxy) is 2. The van der Waals surface area contributed by atoms with Crippen LogP contribution in [0.2, 0.25) is 0 Å². The zero-order valence-corrected chi connectivity index (χ0v) is 11.3. The fourth-order valence-corrected chi connectivity index (χ4v) is 1.73. The largest absolute Gasteiger partial charge is 0.493 e. The van der Waals surface area contributed by atoms with Crippen molar-refractivity contribution in [3.8, 4) is 23.3 Å². The standard InChI is InChI=1S/C17H16O3/c1-19-16-6-2-3-7-17(16)20-13-15-10-8-14(9-11-15)5-4-12-18/h2-3,6-11,18H,12-13H2,1H3. The van der Waals surface area contributed by atoms with E-state index < -0.39 is 0 Å². The number of aliphatic hydroxyl groups excluding tert-OH is 1. The summed E-state index contributed by atoms with van der Waals surface area (Å²) in [5, 5.41) is 8.64. The van der Waals surface area contributed by atoms with E-state index in [9.17, 15) is 0 Å². The van der Waals surface area contributed by atoms with Crippen LogP contribution in [-0.4, -0.2) is 18.8 Å². The van der Waals surface area contributed by atoms with Crippen molar-refractivity contribution in [1.29, 1.82) is 0 Å². The molecule has 0 aromatic heterocycles. The molecule has 0 bridgehead atoms. The van der Waals surface area contributed by atoms with Gasteiger partial charge in [-0.05, 0) is 29.8 Å². The SMILES string of the molecule is COc1ccccc1OCc1ccc(C#CCO)cc1. The van der Waals surface area contributed by atoms with Gasteiger partial charge in [0.25, 0.3) is 0 Å². The molecule has 0 amide bonds. The summed E-state index contributed by atoms with van der Waals surface area (Å²) in [6.07, 6.45) is 0. The molecule has 1 N–H and O–H groups in total. The van der Waals surface area contributed by atoms with E-state index in [2.05, 4.69) is 11.8 Å². The quantitative estimate of drug-likeness (QED) is 0.866. The van der Waals surface area contributed by atoms with Gasteiger partial charge in [-0.2, -0.15) is 0 Å². The fraction of sp³-hybridized carbons (Fsp3) is 0.176. The van der Waals surface area contributed by atoms with Gasteiger partial charge in [0, 0.05) is 5.56 Å². The van der Waals surface area contributed by atoms with Crippen LogP contribution >= 0.6 is 0 Å². The summed E-state index contributed by atoms with van der Waals surface area (Å²) in [4.78, 5) is 0. The Hall–Kier alpha value is -2.44. The van der Waals surface area contributed by atoms with E-state index in [1.54, 1.807) is 7.11 Å². The third-order valence-electron chi connectivity index (χ3n) is 2.73. The maximum Gasteiger partial charge on any atom is 0.161 e. The van der Waals surface area contributed by atoms with Crippen LogP contribution in [0.1, 0.15) is 11.1 Å². The Labute approximate surface area is 118 Å². The minimum absolute atomic E-state index is 0.126. The van der Waals surface area contributed by atoms with Crippen molar-refractivity contribution in [2.24, 2.45) is 0 Å². The van der Waals surface area contributed by atoms with Gasteiger partial charge in [-0.3, -0.25) is 0 Å². The van der Waals surface area contributed by atoms with Gasteiger partial charge in [0.1, 0.15) is 13.2 Å². The first-order valence-corrected chi connectivity index (χ1v) is 6.28. The highest BCUT2D eigenvalue weighted by molar-refractivity contribution is 5.40. The van der Waals surface area contributed by atoms with Crippen LogP contribution in [0.25, 0.3) is 0 Å². The third kappa shape index (κ3) is 3.78. The molecular formula is C17H16O3. The van der Waals surface area contributed by atoms with Crippen molar-refractivity contribution >= 4 is 0 Å². The first kappa shape index (κ1) is 14.0. The second-order valence-electron chi connectivity index (χ2n) is 4.10. The molecule has 102 valence electrons. The molecule has 0 aliphatic heterocycles. The van der Waals surface area contributed by atoms with Gasteiger partial charge in [0.15, 0.2) is 11.5 Å². The molecule has 0 fully saturated rings. The van der Waals surface area contributed by atoms with E-state index in [4.69, 9.17) is 14.6 Å². The summed E-state index contributed by atoms with van der Waals surface area (Å²) in [5.41, 5.74) is 1.92. The van der Waals surface area contributed by atoms with E-state index in [-0.39, 0.29) is 6.61 Å². The average molecular weight is 268 g/mol. The number of para-hydroxylation sites is 2. The lowest BCUT2D eigenvalue weighted by Gasteiger charge is -2.10. The van der Waals surface area contributed by atoms with Gasteiger partial charge in [-0.25, -0.2) is 0 Å². The normalized spacial score (nSPS) is 9.50. The summed E-state index contributed by atoms with van der Waals surface area (Å²) in [5.74, 6) is 6.91. The molecule has 0 spiro atoms. The lowest BCUT2D eigenvalue weighted by molar-refractivity contribution is 0.284. The van der Waals surface area contributed by atoms with Crippen molar-refractivity contribution in [3.05, 3.63) is 59.7 Å². The van der Waals surface area contributed by atoms with E-state index in [1.807, 2.05) is 48.5 Å². The van der Waals surface area contributed by atoms with Crippen molar-refractivity contribution in [3.63, 3.8) is 0 Å². The molecular weight excluding hydrogens is 252 g/mol. The van der Waals surface area contributed by atoms with E-state index in [1.165, 1.54) is 0 Å². The molecule has 3 heteroatoms. The second kappa shape index (κ2) is 7.22. The van der Waals surface area contributed by atoms with Crippen molar-refractivity contribution in [1.82, 2.24) is 0 Å². The minimum Gasteiger partial charge on any atom is -0.493 e. The smallest absolute Gasteiger partial charge is 0.161 e. The van der Waals surface area contributed by atoms with Crippen molar-refractivity contribution in [2.45, 2.75) is 6.61 Å². The number of benzene rings is 2. The van der Waals surface area contributed by atoms with Crippen LogP contribution in [-0.2, 0) is 6.61 Å². The van der Waals surface area contributed by atoms with Gasteiger partial charge in [-0.1, -0.05) is 36.1 Å². The monoisotopic (exact) mass is 268 g/mol. The van der Waals surface area contributed by atoms with E-state index >= 15 is 0 Å². The van der Waals surface area contributed by atoms with Crippen molar-refractivity contribution < 1.29 is 14.6 Å². The summed E-state index contributed by atoms with van der Waals surface area (Å²) in [7, 11) is 1.62. The van der Waals surface area contributed by atoms with Crippen LogP contribution in [0.3, 0.4) is 0 Å². The Balaban J connectivity index is 2.00. The Bertz CT molecular complexity index is 606. The van der Waals surface area contributed by atoms with Crippen LogP contribution in [0.15, 0.2) is 48.5 Å². The molecule has 2 aromatic rings. The van der Waals surface area contributed by atoms with E-state index in [0.29, 0.717) is 6.61 Å². The summed E-state index contributed by atoms with van der Waals surface area (Å²) >= 11 is 0. The maximum atomic E-state index is 8.64. The highest BCUT2D eigenvalue weighted by atomic mass is 16.5. The van der Waals surface area contributed by atoms with Gasteiger partial charge in [0.2, 0.25) is 0 Å². The van der Waals surface area contributed by atoms with Gasteiger partial charge in [0.05, 0.1) is 7.11 Å². The van der Waals surface area contributed by atoms with Gasteiger partial charge >= 0.3 is 0 Å². The topological polar surface area (TPSA) is 38.7 Å².